The van der Waals surface area contributed by atoms with Gasteiger partial charge in [0.05, 0.1) is 0 Å². The van der Waals surface area contributed by atoms with E-state index in [-0.39, 0.29) is 6.42 Å². The predicted molar refractivity (Wildman–Crippen MR) is 65.2 cm³/mol. The van der Waals surface area contributed by atoms with Crippen molar-refractivity contribution in [2.75, 3.05) is 13.3 Å². The third-order valence-corrected chi connectivity index (χ3v) is 3.70. The molecule has 0 rings (SSSR count). The third-order valence-electron chi connectivity index (χ3n) is 2.47. The van der Waals surface area contributed by atoms with Crippen LogP contribution in [0, 0.1) is 0 Å². The summed E-state index contributed by atoms with van der Waals surface area (Å²) in [4.78, 5) is 0. The lowest BCUT2D eigenvalue weighted by Gasteiger charge is -2.24. The molecule has 2 unspecified atom stereocenters. The van der Waals surface area contributed by atoms with E-state index in [0.29, 0.717) is 13.1 Å². The summed E-state index contributed by atoms with van der Waals surface area (Å²) < 4.78 is 93.7. The standard InChI is InChI=1S/C11H19F6O3P/c1-3-4-5-6-7-9(11(15,16)17)20-21(2,18)19-8-10(12,13)14/h9H,3-8H2,1-2H3. The van der Waals surface area contributed by atoms with Gasteiger partial charge in [-0.05, 0) is 6.42 Å². The van der Waals surface area contributed by atoms with Crippen molar-refractivity contribution in [3.8, 4) is 0 Å². The lowest BCUT2D eigenvalue weighted by atomic mass is 10.1. The first kappa shape index (κ1) is 20.7. The SMILES string of the molecule is CCCCCCC(OP(C)(=O)OCC(F)(F)F)C(F)(F)F. The lowest BCUT2D eigenvalue weighted by Crippen LogP contribution is -2.31. The van der Waals surface area contributed by atoms with Crippen molar-refractivity contribution in [2.24, 2.45) is 0 Å². The van der Waals surface area contributed by atoms with Gasteiger partial charge in [0, 0.05) is 6.66 Å². The zero-order chi connectivity index (χ0) is 16.7. The van der Waals surface area contributed by atoms with Crippen LogP contribution in [0.3, 0.4) is 0 Å². The van der Waals surface area contributed by atoms with E-state index in [2.05, 4.69) is 9.05 Å². The summed E-state index contributed by atoms with van der Waals surface area (Å²) in [5, 5.41) is 0. The second kappa shape index (κ2) is 8.39. The second-order valence-electron chi connectivity index (χ2n) is 4.64. The van der Waals surface area contributed by atoms with Gasteiger partial charge in [0.25, 0.3) is 0 Å². The third kappa shape index (κ3) is 11.0. The Hall–Kier alpha value is -0.270. The molecule has 0 radical (unpaired) electrons. The van der Waals surface area contributed by atoms with Crippen molar-refractivity contribution in [1.82, 2.24) is 0 Å². The van der Waals surface area contributed by atoms with Gasteiger partial charge < -0.3 is 0 Å². The van der Waals surface area contributed by atoms with E-state index >= 15 is 0 Å². The monoisotopic (exact) mass is 344 g/mol. The Kier molecular flexibility index (Phi) is 8.28. The molecule has 0 aromatic carbocycles. The Morgan fingerprint density at radius 3 is 2.05 bits per heavy atom. The molecule has 3 nitrogen and oxygen atoms in total. The highest BCUT2D eigenvalue weighted by Gasteiger charge is 2.44. The number of unbranched alkanes of at least 4 members (excludes halogenated alkanes) is 3. The van der Waals surface area contributed by atoms with Gasteiger partial charge in [-0.3, -0.25) is 13.6 Å². The molecular formula is C11H19F6O3P. The van der Waals surface area contributed by atoms with Crippen molar-refractivity contribution in [3.05, 3.63) is 0 Å². The van der Waals surface area contributed by atoms with Crippen LogP contribution in [0.2, 0.25) is 0 Å². The van der Waals surface area contributed by atoms with Crippen LogP contribution in [0.4, 0.5) is 26.3 Å². The van der Waals surface area contributed by atoms with Crippen LogP contribution in [0.15, 0.2) is 0 Å². The van der Waals surface area contributed by atoms with E-state index in [4.69, 9.17) is 0 Å². The lowest BCUT2D eigenvalue weighted by molar-refractivity contribution is -0.201. The number of alkyl halides is 6. The quantitative estimate of drug-likeness (QED) is 0.323. The minimum atomic E-state index is -4.81. The number of hydrogen-bond acceptors (Lipinski definition) is 3. The Bertz CT molecular complexity index is 342. The molecule has 0 aromatic rings. The Labute approximate surface area is 119 Å². The van der Waals surface area contributed by atoms with Crippen LogP contribution in [0.25, 0.3) is 0 Å². The van der Waals surface area contributed by atoms with E-state index in [9.17, 15) is 30.9 Å². The van der Waals surface area contributed by atoms with Gasteiger partial charge in [-0.1, -0.05) is 32.6 Å². The summed E-state index contributed by atoms with van der Waals surface area (Å²) in [6.07, 6.45) is -10.2. The molecule has 0 spiro atoms. The van der Waals surface area contributed by atoms with E-state index in [1.807, 2.05) is 6.92 Å². The Morgan fingerprint density at radius 1 is 1.05 bits per heavy atom. The van der Waals surface area contributed by atoms with Crippen molar-refractivity contribution in [3.63, 3.8) is 0 Å². The first-order valence-corrected chi connectivity index (χ1v) is 8.40. The fraction of sp³-hybridized carbons (Fsp3) is 1.00. The van der Waals surface area contributed by atoms with Gasteiger partial charge in [-0.2, -0.15) is 26.3 Å². The summed E-state index contributed by atoms with van der Waals surface area (Å²) in [6, 6.07) is 0. The number of rotatable bonds is 9. The van der Waals surface area contributed by atoms with Crippen LogP contribution >= 0.6 is 7.60 Å². The maximum absolute atomic E-state index is 12.7. The first-order valence-electron chi connectivity index (χ1n) is 6.41. The van der Waals surface area contributed by atoms with Crippen molar-refractivity contribution >= 4 is 7.60 Å². The molecule has 0 aliphatic carbocycles. The molecule has 0 bridgehead atoms. The maximum atomic E-state index is 12.7. The van der Waals surface area contributed by atoms with E-state index in [1.54, 1.807) is 0 Å². The molecule has 0 aliphatic heterocycles. The molecule has 0 saturated carbocycles. The highest BCUT2D eigenvalue weighted by atomic mass is 31.2. The van der Waals surface area contributed by atoms with Crippen LogP contribution in [-0.2, 0) is 13.6 Å². The molecule has 10 heteroatoms. The van der Waals surface area contributed by atoms with Crippen molar-refractivity contribution in [1.29, 1.82) is 0 Å². The summed E-state index contributed by atoms with van der Waals surface area (Å²) >= 11 is 0. The smallest absolute Gasteiger partial charge is 0.299 e. The fourth-order valence-corrected chi connectivity index (χ4v) is 2.61. The molecule has 2 atom stereocenters. The summed E-state index contributed by atoms with van der Waals surface area (Å²) in [5.41, 5.74) is 0. The normalized spacial score (nSPS) is 17.5. The summed E-state index contributed by atoms with van der Waals surface area (Å²) in [7, 11) is -4.44. The predicted octanol–water partition coefficient (Wildman–Crippen LogP) is 5.31. The molecule has 0 aliphatic rings. The van der Waals surface area contributed by atoms with Gasteiger partial charge in [-0.15, -0.1) is 0 Å². The van der Waals surface area contributed by atoms with Crippen molar-refractivity contribution < 1.29 is 40.0 Å². The first-order chi connectivity index (χ1) is 9.37. The van der Waals surface area contributed by atoms with Crippen LogP contribution in [-0.4, -0.2) is 31.7 Å². The minimum Gasteiger partial charge on any atom is -0.299 e. The zero-order valence-corrected chi connectivity index (χ0v) is 12.7. The van der Waals surface area contributed by atoms with Gasteiger partial charge in [0.15, 0.2) is 12.7 Å². The van der Waals surface area contributed by atoms with Gasteiger partial charge >= 0.3 is 19.9 Å². The van der Waals surface area contributed by atoms with Gasteiger partial charge in [-0.25, -0.2) is 0 Å². The molecule has 0 fully saturated rings. The van der Waals surface area contributed by atoms with E-state index in [0.717, 1.165) is 12.8 Å². The molecule has 0 N–H and O–H groups in total. The highest BCUT2D eigenvalue weighted by Crippen LogP contribution is 2.49. The second-order valence-corrected chi connectivity index (χ2v) is 6.66. The molecule has 0 saturated heterocycles. The summed E-state index contributed by atoms with van der Waals surface area (Å²) in [5.74, 6) is 0. The topological polar surface area (TPSA) is 35.5 Å². The minimum absolute atomic E-state index is 0.178. The molecule has 128 valence electrons. The van der Waals surface area contributed by atoms with Gasteiger partial charge in [0.1, 0.15) is 0 Å². The molecule has 0 aromatic heterocycles. The maximum Gasteiger partial charge on any atom is 0.415 e. The molecule has 0 amide bonds. The Morgan fingerprint density at radius 2 is 1.62 bits per heavy atom. The Balaban J connectivity index is 4.54. The number of halogens is 6. The fourth-order valence-electron chi connectivity index (χ4n) is 1.48. The van der Waals surface area contributed by atoms with Crippen LogP contribution in [0.5, 0.6) is 0 Å². The zero-order valence-electron chi connectivity index (χ0n) is 11.8. The van der Waals surface area contributed by atoms with E-state index < -0.39 is 39.1 Å². The highest BCUT2D eigenvalue weighted by molar-refractivity contribution is 7.53. The van der Waals surface area contributed by atoms with Crippen LogP contribution < -0.4 is 0 Å². The summed E-state index contributed by atoms with van der Waals surface area (Å²) in [6.45, 7) is 0.563. The number of hydrogen-bond donors (Lipinski definition) is 0. The molecule has 0 heterocycles. The van der Waals surface area contributed by atoms with Gasteiger partial charge in [0.2, 0.25) is 0 Å². The average Bonchev–Trinajstić information content (AvgIpc) is 2.28. The largest absolute Gasteiger partial charge is 0.415 e. The van der Waals surface area contributed by atoms with Crippen molar-refractivity contribution in [2.45, 2.75) is 57.5 Å². The van der Waals surface area contributed by atoms with Crippen LogP contribution in [0.1, 0.15) is 39.0 Å². The molecule has 21 heavy (non-hydrogen) atoms. The molecular weight excluding hydrogens is 325 g/mol. The average molecular weight is 344 g/mol. The van der Waals surface area contributed by atoms with E-state index in [1.165, 1.54) is 0 Å².